The van der Waals surface area contributed by atoms with Gasteiger partial charge in [-0.2, -0.15) is 0 Å². The van der Waals surface area contributed by atoms with E-state index in [-0.39, 0.29) is 6.10 Å². The van der Waals surface area contributed by atoms with Gasteiger partial charge in [-0.15, -0.1) is 11.3 Å². The summed E-state index contributed by atoms with van der Waals surface area (Å²) >= 11 is 1.73. The molecule has 0 aliphatic carbocycles. The number of nitrogens with zero attached hydrogens (tertiary/aromatic N) is 1. The first-order valence-electron chi connectivity index (χ1n) is 5.82. The summed E-state index contributed by atoms with van der Waals surface area (Å²) in [6.07, 6.45) is 1.19. The number of rotatable bonds is 4. The highest BCUT2D eigenvalue weighted by atomic mass is 32.1. The number of aryl methyl sites for hydroxylation is 3. The van der Waals surface area contributed by atoms with Gasteiger partial charge in [0, 0.05) is 11.3 Å². The van der Waals surface area contributed by atoms with E-state index in [0.717, 1.165) is 29.1 Å². The zero-order valence-corrected chi connectivity index (χ0v) is 11.0. The molecule has 3 heteroatoms. The van der Waals surface area contributed by atoms with Crippen molar-refractivity contribution in [3.63, 3.8) is 0 Å². The quantitative estimate of drug-likeness (QED) is 0.898. The molecule has 0 fully saturated rings. The monoisotopic (exact) mass is 247 g/mol. The van der Waals surface area contributed by atoms with Crippen LogP contribution in [0, 0.1) is 13.8 Å². The Kier molecular flexibility index (Phi) is 3.92. The van der Waals surface area contributed by atoms with E-state index >= 15 is 0 Å². The van der Waals surface area contributed by atoms with Gasteiger partial charge in [0.1, 0.15) is 0 Å². The Bertz CT molecular complexity index is 459. The van der Waals surface area contributed by atoms with E-state index < -0.39 is 0 Å². The molecule has 0 bridgehead atoms. The maximum Gasteiger partial charge on any atom is 0.0931 e. The van der Waals surface area contributed by atoms with Gasteiger partial charge in [0.05, 0.1) is 16.8 Å². The van der Waals surface area contributed by atoms with Gasteiger partial charge in [-0.1, -0.05) is 30.3 Å². The molecule has 1 heterocycles. The third kappa shape index (κ3) is 3.14. The molecule has 1 atom stereocenters. The van der Waals surface area contributed by atoms with Crippen LogP contribution in [0.3, 0.4) is 0 Å². The summed E-state index contributed by atoms with van der Waals surface area (Å²) in [5.74, 6) is 0. The van der Waals surface area contributed by atoms with Gasteiger partial charge >= 0.3 is 0 Å². The van der Waals surface area contributed by atoms with Crippen molar-refractivity contribution in [3.8, 4) is 0 Å². The molecule has 0 saturated carbocycles. The summed E-state index contributed by atoms with van der Waals surface area (Å²) < 4.78 is 0. The number of aliphatic hydroxyl groups is 1. The molecule has 1 unspecified atom stereocenters. The van der Waals surface area contributed by atoms with Crippen LogP contribution in [0.15, 0.2) is 30.3 Å². The Hall–Kier alpha value is -1.19. The number of hydrogen-bond acceptors (Lipinski definition) is 3. The first kappa shape index (κ1) is 12.3. The number of aromatic nitrogens is 1. The molecule has 1 aromatic heterocycles. The summed E-state index contributed by atoms with van der Waals surface area (Å²) in [4.78, 5) is 5.76. The molecule has 2 aromatic rings. The molecule has 0 spiro atoms. The highest BCUT2D eigenvalue weighted by molar-refractivity contribution is 7.11. The summed E-state index contributed by atoms with van der Waals surface area (Å²) in [7, 11) is 0. The van der Waals surface area contributed by atoms with Crippen LogP contribution in [0.2, 0.25) is 0 Å². The Morgan fingerprint density at radius 3 is 2.53 bits per heavy atom. The minimum Gasteiger partial charge on any atom is -0.388 e. The molecule has 1 N–H and O–H groups in total. The zero-order valence-electron chi connectivity index (χ0n) is 10.2. The van der Waals surface area contributed by atoms with Gasteiger partial charge < -0.3 is 5.11 Å². The summed E-state index contributed by atoms with van der Waals surface area (Å²) in [5, 5.41) is 11.2. The lowest BCUT2D eigenvalue weighted by Gasteiger charge is -2.09. The molecular weight excluding hydrogens is 230 g/mol. The Morgan fingerprint density at radius 2 is 1.94 bits per heavy atom. The number of hydrogen-bond donors (Lipinski definition) is 1. The summed E-state index contributed by atoms with van der Waals surface area (Å²) in [6.45, 7) is 4.12. The maximum absolute atomic E-state index is 10.0. The Labute approximate surface area is 106 Å². The van der Waals surface area contributed by atoms with Crippen molar-refractivity contribution >= 4 is 11.3 Å². The highest BCUT2D eigenvalue weighted by Gasteiger charge is 2.09. The first-order valence-corrected chi connectivity index (χ1v) is 6.64. The van der Waals surface area contributed by atoms with Gasteiger partial charge in [-0.25, -0.2) is 4.98 Å². The Morgan fingerprint density at radius 1 is 1.24 bits per heavy atom. The second-order valence-electron chi connectivity index (χ2n) is 4.21. The van der Waals surface area contributed by atoms with Gasteiger partial charge in [0.15, 0.2) is 0 Å². The van der Waals surface area contributed by atoms with E-state index in [0.29, 0.717) is 0 Å². The molecular formula is C14H17NOS. The predicted molar refractivity (Wildman–Crippen MR) is 71.3 cm³/mol. The number of thiazole rings is 1. The minimum absolute atomic E-state index is 0.388. The molecule has 0 aliphatic rings. The second kappa shape index (κ2) is 5.43. The van der Waals surface area contributed by atoms with Crippen molar-refractivity contribution in [1.29, 1.82) is 0 Å². The fourth-order valence-corrected chi connectivity index (χ4v) is 2.70. The van der Waals surface area contributed by atoms with Crippen LogP contribution in [-0.4, -0.2) is 10.1 Å². The van der Waals surface area contributed by atoms with Crippen LogP contribution in [0.1, 0.15) is 33.7 Å². The van der Waals surface area contributed by atoms with Crippen molar-refractivity contribution in [3.05, 3.63) is 51.5 Å². The van der Waals surface area contributed by atoms with Gasteiger partial charge in [-0.05, 0) is 25.8 Å². The third-order valence-corrected chi connectivity index (χ3v) is 4.02. The standard InChI is InChI=1S/C14H17NOS/c1-10-11(2)17-14(15-10)9-8-13(16)12-6-4-3-5-7-12/h3-7,13,16H,8-9H2,1-2H3. The van der Waals surface area contributed by atoms with Crippen LogP contribution in [0.4, 0.5) is 0 Å². The molecule has 1 aromatic carbocycles. The van der Waals surface area contributed by atoms with Crippen molar-refractivity contribution in [2.24, 2.45) is 0 Å². The Balaban J connectivity index is 1.94. The summed E-state index contributed by atoms with van der Waals surface area (Å²) in [5.41, 5.74) is 2.09. The van der Waals surface area contributed by atoms with Gasteiger partial charge in [0.25, 0.3) is 0 Å². The van der Waals surface area contributed by atoms with Crippen LogP contribution in [0.5, 0.6) is 0 Å². The molecule has 2 rings (SSSR count). The minimum atomic E-state index is -0.388. The molecule has 0 radical (unpaired) electrons. The predicted octanol–water partition coefficient (Wildman–Crippen LogP) is 3.43. The van der Waals surface area contributed by atoms with Crippen molar-refractivity contribution in [1.82, 2.24) is 4.98 Å². The highest BCUT2D eigenvalue weighted by Crippen LogP contribution is 2.22. The molecule has 0 aliphatic heterocycles. The van der Waals surface area contributed by atoms with E-state index in [9.17, 15) is 5.11 Å². The SMILES string of the molecule is Cc1nc(CCC(O)c2ccccc2)sc1C. The van der Waals surface area contributed by atoms with Crippen LogP contribution < -0.4 is 0 Å². The lowest BCUT2D eigenvalue weighted by molar-refractivity contribution is 0.168. The molecule has 90 valence electrons. The van der Waals surface area contributed by atoms with Crippen LogP contribution in [0.25, 0.3) is 0 Å². The largest absolute Gasteiger partial charge is 0.388 e. The molecule has 17 heavy (non-hydrogen) atoms. The second-order valence-corrected chi connectivity index (χ2v) is 5.50. The van der Waals surface area contributed by atoms with Crippen molar-refractivity contribution < 1.29 is 5.11 Å². The smallest absolute Gasteiger partial charge is 0.0931 e. The van der Waals surface area contributed by atoms with Gasteiger partial charge in [-0.3, -0.25) is 0 Å². The average molecular weight is 247 g/mol. The zero-order chi connectivity index (χ0) is 12.3. The molecule has 2 nitrogen and oxygen atoms in total. The van der Waals surface area contributed by atoms with Crippen LogP contribution in [-0.2, 0) is 6.42 Å². The van der Waals surface area contributed by atoms with Gasteiger partial charge in [0.2, 0.25) is 0 Å². The first-order chi connectivity index (χ1) is 8.16. The molecule has 0 saturated heterocycles. The van der Waals surface area contributed by atoms with E-state index in [1.54, 1.807) is 11.3 Å². The summed E-state index contributed by atoms with van der Waals surface area (Å²) in [6, 6.07) is 9.79. The lowest BCUT2D eigenvalue weighted by Crippen LogP contribution is -1.99. The number of benzene rings is 1. The third-order valence-electron chi connectivity index (χ3n) is 2.89. The fourth-order valence-electron chi connectivity index (χ4n) is 1.75. The maximum atomic E-state index is 10.0. The topological polar surface area (TPSA) is 33.1 Å². The fraction of sp³-hybridized carbons (Fsp3) is 0.357. The molecule has 0 amide bonds. The average Bonchev–Trinajstić information content (AvgIpc) is 2.67. The van der Waals surface area contributed by atoms with E-state index in [1.807, 2.05) is 37.3 Å². The van der Waals surface area contributed by atoms with E-state index in [4.69, 9.17) is 0 Å². The van der Waals surface area contributed by atoms with E-state index in [2.05, 4.69) is 11.9 Å². The van der Waals surface area contributed by atoms with Crippen molar-refractivity contribution in [2.75, 3.05) is 0 Å². The van der Waals surface area contributed by atoms with E-state index in [1.165, 1.54) is 4.88 Å². The normalized spacial score (nSPS) is 12.6. The number of aliphatic hydroxyl groups excluding tert-OH is 1. The van der Waals surface area contributed by atoms with Crippen LogP contribution >= 0.6 is 11.3 Å². The lowest BCUT2D eigenvalue weighted by atomic mass is 10.1. The van der Waals surface area contributed by atoms with Crippen molar-refractivity contribution in [2.45, 2.75) is 32.8 Å².